The average Bonchev–Trinajstić information content (AvgIpc) is 2.85. The van der Waals surface area contributed by atoms with E-state index in [1.807, 2.05) is 0 Å². The number of nitrogens with one attached hydrogen (secondary N) is 2. The highest BCUT2D eigenvalue weighted by atomic mass is 32.2. The van der Waals surface area contributed by atoms with Crippen molar-refractivity contribution < 1.29 is 22.8 Å². The molecule has 1 saturated carbocycles. The van der Waals surface area contributed by atoms with Crippen LogP contribution in [0.15, 0.2) is 47.8 Å². The molecule has 0 bridgehead atoms. The number of sulfone groups is 1. The van der Waals surface area contributed by atoms with Gasteiger partial charge in [-0.3, -0.25) is 19.4 Å². The minimum absolute atomic E-state index is 0.0174. The zero-order valence-corrected chi connectivity index (χ0v) is 20.4. The van der Waals surface area contributed by atoms with Crippen molar-refractivity contribution in [3.63, 3.8) is 0 Å². The largest absolute Gasteiger partial charge is 0.363 e. The van der Waals surface area contributed by atoms with Crippen molar-refractivity contribution in [2.24, 2.45) is 0 Å². The number of amides is 2. The molecule has 0 spiro atoms. The molecule has 2 heterocycles. The van der Waals surface area contributed by atoms with Crippen LogP contribution in [0, 0.1) is 0 Å². The summed E-state index contributed by atoms with van der Waals surface area (Å²) in [6.45, 7) is 0.388. The first-order chi connectivity index (χ1) is 16.7. The molecule has 1 unspecified atom stereocenters. The molecule has 2 N–H and O–H groups in total. The standard InChI is InChI=1S/C24H29N5O5S/c1-35(33,34)21-8-4-3-7-19(21)29-14-9-17(20(30)16-29)27-23(32)24(10-5-2-6-11-24)28-22(31)18-15-25-12-13-26-18/h3-4,7-8,12-13,15,17H,2,5-6,9-11,14,16H2,1H3,(H,27,32)(H,28,31). The number of carbonyl (C=O) groups is 3. The fourth-order valence-corrected chi connectivity index (χ4v) is 5.67. The van der Waals surface area contributed by atoms with E-state index in [0.717, 1.165) is 25.5 Å². The highest BCUT2D eigenvalue weighted by Crippen LogP contribution is 2.30. The molecule has 10 nitrogen and oxygen atoms in total. The van der Waals surface area contributed by atoms with Crippen molar-refractivity contribution in [1.82, 2.24) is 20.6 Å². The quantitative estimate of drug-likeness (QED) is 0.606. The Bertz CT molecular complexity index is 1210. The second kappa shape index (κ2) is 10.1. The molecule has 1 aromatic heterocycles. The van der Waals surface area contributed by atoms with Gasteiger partial charge in [0.25, 0.3) is 5.91 Å². The first-order valence-electron chi connectivity index (χ1n) is 11.7. The van der Waals surface area contributed by atoms with E-state index in [1.165, 1.54) is 24.7 Å². The van der Waals surface area contributed by atoms with Crippen LogP contribution in [0.5, 0.6) is 0 Å². The molecule has 2 amide bonds. The van der Waals surface area contributed by atoms with Crippen LogP contribution in [0.2, 0.25) is 0 Å². The van der Waals surface area contributed by atoms with Crippen molar-refractivity contribution in [2.45, 2.75) is 55.0 Å². The normalized spacial score (nSPS) is 20.2. The second-order valence-corrected chi connectivity index (χ2v) is 11.1. The molecule has 1 saturated heterocycles. The molecule has 2 aromatic rings. The van der Waals surface area contributed by atoms with Crippen LogP contribution in [0.25, 0.3) is 0 Å². The molecule has 2 aliphatic rings. The Kier molecular flexibility index (Phi) is 7.15. The van der Waals surface area contributed by atoms with Gasteiger partial charge in [-0.25, -0.2) is 13.4 Å². The van der Waals surface area contributed by atoms with Gasteiger partial charge in [0.15, 0.2) is 15.6 Å². The second-order valence-electron chi connectivity index (χ2n) is 9.13. The summed E-state index contributed by atoms with van der Waals surface area (Å²) in [5.41, 5.74) is -0.514. The predicted octanol–water partition coefficient (Wildman–Crippen LogP) is 1.28. The van der Waals surface area contributed by atoms with E-state index >= 15 is 0 Å². The van der Waals surface area contributed by atoms with Crippen molar-refractivity contribution >= 4 is 33.1 Å². The van der Waals surface area contributed by atoms with Crippen LogP contribution in [0.3, 0.4) is 0 Å². The average molecular weight is 500 g/mol. The number of anilines is 1. The number of rotatable bonds is 6. The summed E-state index contributed by atoms with van der Waals surface area (Å²) < 4.78 is 24.4. The highest BCUT2D eigenvalue weighted by Gasteiger charge is 2.43. The number of para-hydroxylation sites is 1. The van der Waals surface area contributed by atoms with Gasteiger partial charge in [-0.2, -0.15) is 0 Å². The first kappa shape index (κ1) is 24.8. The molecule has 1 aliphatic carbocycles. The topological polar surface area (TPSA) is 138 Å². The fraction of sp³-hybridized carbons (Fsp3) is 0.458. The lowest BCUT2D eigenvalue weighted by Crippen LogP contribution is -2.63. The first-order valence-corrected chi connectivity index (χ1v) is 13.5. The van der Waals surface area contributed by atoms with Crippen LogP contribution in [0.1, 0.15) is 49.0 Å². The molecule has 1 aliphatic heterocycles. The smallest absolute Gasteiger partial charge is 0.272 e. The number of hydrogen-bond acceptors (Lipinski definition) is 8. The molecule has 11 heteroatoms. The van der Waals surface area contributed by atoms with E-state index in [4.69, 9.17) is 0 Å². The maximum Gasteiger partial charge on any atom is 0.272 e. The fourth-order valence-electron chi connectivity index (χ4n) is 4.77. The van der Waals surface area contributed by atoms with Crippen molar-refractivity contribution in [3.05, 3.63) is 48.5 Å². The highest BCUT2D eigenvalue weighted by molar-refractivity contribution is 7.90. The van der Waals surface area contributed by atoms with Crippen LogP contribution < -0.4 is 15.5 Å². The zero-order chi connectivity index (χ0) is 25.1. The van der Waals surface area contributed by atoms with Gasteiger partial charge in [0.05, 0.1) is 29.4 Å². The summed E-state index contributed by atoms with van der Waals surface area (Å²) in [4.78, 5) is 49.0. The van der Waals surface area contributed by atoms with Crippen molar-refractivity contribution in [3.8, 4) is 0 Å². The molecule has 1 aromatic carbocycles. The minimum atomic E-state index is -3.46. The third-order valence-electron chi connectivity index (χ3n) is 6.62. The molecule has 1 atom stereocenters. The van der Waals surface area contributed by atoms with E-state index in [1.54, 1.807) is 23.1 Å². The van der Waals surface area contributed by atoms with Gasteiger partial charge in [0, 0.05) is 25.2 Å². The van der Waals surface area contributed by atoms with Crippen LogP contribution in [-0.4, -0.2) is 66.9 Å². The monoisotopic (exact) mass is 499 g/mol. The third kappa shape index (κ3) is 5.50. The molecular weight excluding hydrogens is 470 g/mol. The van der Waals surface area contributed by atoms with E-state index in [2.05, 4.69) is 20.6 Å². The van der Waals surface area contributed by atoms with E-state index in [-0.39, 0.29) is 28.8 Å². The van der Waals surface area contributed by atoms with Gasteiger partial charge < -0.3 is 15.5 Å². The lowest BCUT2D eigenvalue weighted by Gasteiger charge is -2.39. The maximum atomic E-state index is 13.4. The molecule has 2 fully saturated rings. The summed E-state index contributed by atoms with van der Waals surface area (Å²) >= 11 is 0. The van der Waals surface area contributed by atoms with Crippen LogP contribution in [0.4, 0.5) is 5.69 Å². The third-order valence-corrected chi connectivity index (χ3v) is 7.77. The number of carbonyl (C=O) groups excluding carboxylic acids is 3. The Labute approximate surface area is 204 Å². The van der Waals surface area contributed by atoms with Crippen molar-refractivity contribution in [2.75, 3.05) is 24.2 Å². The summed E-state index contributed by atoms with van der Waals surface area (Å²) in [7, 11) is -3.46. The number of piperidine rings is 1. The Balaban J connectivity index is 1.46. The van der Waals surface area contributed by atoms with Gasteiger partial charge in [-0.15, -0.1) is 0 Å². The number of Topliss-reactive ketones (excluding diaryl/α,β-unsaturated/α-hetero) is 1. The van der Waals surface area contributed by atoms with Gasteiger partial charge in [0.1, 0.15) is 11.2 Å². The molecule has 4 rings (SSSR count). The van der Waals surface area contributed by atoms with Gasteiger partial charge in [-0.05, 0) is 31.4 Å². The minimum Gasteiger partial charge on any atom is -0.363 e. The van der Waals surface area contributed by atoms with E-state index < -0.39 is 27.3 Å². The van der Waals surface area contributed by atoms with Gasteiger partial charge in [-0.1, -0.05) is 31.4 Å². The number of nitrogens with zero attached hydrogens (tertiary/aromatic N) is 3. The number of hydrogen-bond donors (Lipinski definition) is 2. The SMILES string of the molecule is CS(=O)(=O)c1ccccc1N1CCC(NC(=O)C2(NC(=O)c3cnccn3)CCCCC2)C(=O)C1. The molecule has 35 heavy (non-hydrogen) atoms. The van der Waals surface area contributed by atoms with Crippen LogP contribution in [-0.2, 0) is 19.4 Å². The summed E-state index contributed by atoms with van der Waals surface area (Å²) in [6.07, 6.45) is 9.16. The predicted molar refractivity (Wildman–Crippen MR) is 129 cm³/mol. The number of aromatic nitrogens is 2. The zero-order valence-electron chi connectivity index (χ0n) is 19.6. The number of benzene rings is 1. The van der Waals surface area contributed by atoms with Crippen LogP contribution >= 0.6 is 0 Å². The molecular formula is C24H29N5O5S. The van der Waals surface area contributed by atoms with Crippen molar-refractivity contribution in [1.29, 1.82) is 0 Å². The molecule has 0 radical (unpaired) electrons. The Morgan fingerprint density at radius 1 is 1.11 bits per heavy atom. The van der Waals surface area contributed by atoms with E-state index in [9.17, 15) is 22.8 Å². The Morgan fingerprint density at radius 2 is 1.86 bits per heavy atom. The maximum absolute atomic E-state index is 13.4. The summed E-state index contributed by atoms with van der Waals surface area (Å²) in [5.74, 6) is -1.06. The summed E-state index contributed by atoms with van der Waals surface area (Å²) in [6, 6.07) is 5.87. The van der Waals surface area contributed by atoms with E-state index in [0.29, 0.717) is 31.5 Å². The lowest BCUT2D eigenvalue weighted by atomic mass is 9.80. The molecule has 186 valence electrons. The summed E-state index contributed by atoms with van der Waals surface area (Å²) in [5, 5.41) is 5.74. The Hall–Kier alpha value is -3.34. The van der Waals surface area contributed by atoms with Gasteiger partial charge in [0.2, 0.25) is 5.91 Å². The lowest BCUT2D eigenvalue weighted by molar-refractivity contribution is -0.133. The van der Waals surface area contributed by atoms with Gasteiger partial charge >= 0.3 is 0 Å². The Morgan fingerprint density at radius 3 is 2.51 bits per heavy atom. The number of ketones is 1.